The Bertz CT molecular complexity index is 782. The second-order valence-corrected chi connectivity index (χ2v) is 6.50. The Balaban J connectivity index is 1.59. The second kappa shape index (κ2) is 7.17. The Labute approximate surface area is 148 Å². The predicted molar refractivity (Wildman–Crippen MR) is 94.9 cm³/mol. The van der Waals surface area contributed by atoms with Crippen LogP contribution < -0.4 is 9.47 Å². The maximum Gasteiger partial charge on any atom is 0.222 e. The minimum atomic E-state index is 0.123. The Hall–Kier alpha value is -2.50. The number of ether oxygens (including phenoxy) is 2. The molecule has 0 aliphatic carbocycles. The molecule has 0 atom stereocenters. The van der Waals surface area contributed by atoms with Gasteiger partial charge in [0.15, 0.2) is 11.5 Å². The molecule has 1 amide bonds. The summed E-state index contributed by atoms with van der Waals surface area (Å²) < 4.78 is 13.0. The van der Waals surface area contributed by atoms with Gasteiger partial charge in [-0.1, -0.05) is 6.07 Å². The third-order valence-corrected chi connectivity index (χ3v) is 4.70. The molecular weight excluding hydrogens is 318 g/mol. The van der Waals surface area contributed by atoms with Gasteiger partial charge in [-0.05, 0) is 43.5 Å². The number of amides is 1. The summed E-state index contributed by atoms with van der Waals surface area (Å²) in [5.41, 5.74) is 4.33. The molecule has 0 unspecified atom stereocenters. The molecule has 3 rings (SSSR count). The highest BCUT2D eigenvalue weighted by molar-refractivity contribution is 5.76. The lowest BCUT2D eigenvalue weighted by Crippen LogP contribution is -2.26. The van der Waals surface area contributed by atoms with Crippen molar-refractivity contribution in [3.63, 3.8) is 0 Å². The lowest BCUT2D eigenvalue weighted by Gasteiger charge is -2.21. The van der Waals surface area contributed by atoms with Crippen molar-refractivity contribution in [2.75, 3.05) is 20.3 Å². The topological polar surface area (TPSA) is 56.6 Å². The Kier molecular flexibility index (Phi) is 4.97. The molecule has 1 aromatic carbocycles. The molecule has 1 aliphatic heterocycles. The highest BCUT2D eigenvalue weighted by Gasteiger charge is 2.16. The van der Waals surface area contributed by atoms with Crippen LogP contribution in [-0.4, -0.2) is 40.8 Å². The molecule has 0 radical (unpaired) electrons. The average molecular weight is 343 g/mol. The van der Waals surface area contributed by atoms with E-state index >= 15 is 0 Å². The maximum absolute atomic E-state index is 12.5. The van der Waals surface area contributed by atoms with E-state index in [1.165, 1.54) is 5.56 Å². The van der Waals surface area contributed by atoms with Crippen LogP contribution in [-0.2, 0) is 24.8 Å². The van der Waals surface area contributed by atoms with Gasteiger partial charge in [0.25, 0.3) is 0 Å². The number of nitrogens with zero attached hydrogens (tertiary/aromatic N) is 3. The molecule has 2 aromatic rings. The molecular formula is C19H25N3O3. The molecule has 2 heterocycles. The molecule has 6 nitrogen and oxygen atoms in total. The summed E-state index contributed by atoms with van der Waals surface area (Å²) in [5.74, 6) is 1.65. The van der Waals surface area contributed by atoms with E-state index in [0.29, 0.717) is 26.2 Å². The van der Waals surface area contributed by atoms with E-state index in [1.54, 1.807) is 4.90 Å². The van der Waals surface area contributed by atoms with Crippen molar-refractivity contribution >= 4 is 5.91 Å². The predicted octanol–water partition coefficient (Wildman–Crippen LogP) is 2.40. The molecule has 134 valence electrons. The summed E-state index contributed by atoms with van der Waals surface area (Å²) in [4.78, 5) is 14.2. The number of hydrogen-bond donors (Lipinski definition) is 0. The van der Waals surface area contributed by atoms with Gasteiger partial charge < -0.3 is 14.4 Å². The second-order valence-electron chi connectivity index (χ2n) is 6.50. The zero-order valence-corrected chi connectivity index (χ0v) is 15.3. The molecule has 6 heteroatoms. The van der Waals surface area contributed by atoms with Gasteiger partial charge in [0.05, 0.1) is 5.69 Å². The molecule has 0 saturated heterocycles. The van der Waals surface area contributed by atoms with E-state index in [1.807, 2.05) is 50.8 Å². The Morgan fingerprint density at radius 3 is 2.64 bits per heavy atom. The van der Waals surface area contributed by atoms with Crippen molar-refractivity contribution in [1.82, 2.24) is 14.7 Å². The number of carbonyl (C=O) groups excluding carboxylic acids is 1. The van der Waals surface area contributed by atoms with Crippen LogP contribution in [0.25, 0.3) is 0 Å². The van der Waals surface area contributed by atoms with Gasteiger partial charge >= 0.3 is 0 Å². The number of aromatic nitrogens is 2. The van der Waals surface area contributed by atoms with Gasteiger partial charge in [-0.15, -0.1) is 0 Å². The van der Waals surface area contributed by atoms with Crippen LogP contribution in [0.15, 0.2) is 18.2 Å². The first kappa shape index (κ1) is 17.3. The van der Waals surface area contributed by atoms with Gasteiger partial charge in [0.2, 0.25) is 5.91 Å². The lowest BCUT2D eigenvalue weighted by molar-refractivity contribution is -0.130. The Morgan fingerprint density at radius 2 is 1.96 bits per heavy atom. The van der Waals surface area contributed by atoms with Crippen LogP contribution in [0.3, 0.4) is 0 Å². The van der Waals surface area contributed by atoms with Crippen LogP contribution >= 0.6 is 0 Å². The summed E-state index contributed by atoms with van der Waals surface area (Å²) in [6.45, 7) is 5.73. The minimum absolute atomic E-state index is 0.123. The number of rotatable bonds is 5. The number of benzene rings is 1. The maximum atomic E-state index is 12.5. The fraction of sp³-hybridized carbons (Fsp3) is 0.474. The van der Waals surface area contributed by atoms with Crippen molar-refractivity contribution in [2.45, 2.75) is 33.2 Å². The zero-order valence-electron chi connectivity index (χ0n) is 15.3. The fourth-order valence-corrected chi connectivity index (χ4v) is 3.15. The molecule has 0 fully saturated rings. The van der Waals surface area contributed by atoms with Gasteiger partial charge in [0, 0.05) is 32.8 Å². The van der Waals surface area contributed by atoms with Crippen molar-refractivity contribution in [3.05, 3.63) is 40.7 Å². The minimum Gasteiger partial charge on any atom is -0.486 e. The molecule has 0 N–H and O–H groups in total. The van der Waals surface area contributed by atoms with Crippen LogP contribution in [0.5, 0.6) is 11.5 Å². The van der Waals surface area contributed by atoms with Gasteiger partial charge in [-0.2, -0.15) is 5.10 Å². The van der Waals surface area contributed by atoms with E-state index in [9.17, 15) is 4.79 Å². The Morgan fingerprint density at radius 1 is 1.24 bits per heavy atom. The van der Waals surface area contributed by atoms with Crippen molar-refractivity contribution in [2.24, 2.45) is 7.05 Å². The van der Waals surface area contributed by atoms with Crippen LogP contribution in [0.2, 0.25) is 0 Å². The highest BCUT2D eigenvalue weighted by atomic mass is 16.6. The van der Waals surface area contributed by atoms with E-state index in [-0.39, 0.29) is 5.91 Å². The van der Waals surface area contributed by atoms with E-state index in [4.69, 9.17) is 9.47 Å². The smallest absolute Gasteiger partial charge is 0.222 e. The summed E-state index contributed by atoms with van der Waals surface area (Å²) in [7, 11) is 3.77. The van der Waals surface area contributed by atoms with Crippen LogP contribution in [0.1, 0.15) is 28.9 Å². The summed E-state index contributed by atoms with van der Waals surface area (Å²) in [5, 5.41) is 4.41. The highest BCUT2D eigenvalue weighted by Crippen LogP contribution is 2.31. The van der Waals surface area contributed by atoms with Gasteiger partial charge in [-0.25, -0.2) is 0 Å². The number of carbonyl (C=O) groups is 1. The summed E-state index contributed by atoms with van der Waals surface area (Å²) in [6.07, 6.45) is 1.20. The summed E-state index contributed by atoms with van der Waals surface area (Å²) in [6, 6.07) is 5.84. The monoisotopic (exact) mass is 343 g/mol. The first-order chi connectivity index (χ1) is 12.0. The molecule has 25 heavy (non-hydrogen) atoms. The van der Waals surface area contributed by atoms with Gasteiger partial charge in [-0.3, -0.25) is 9.48 Å². The van der Waals surface area contributed by atoms with Gasteiger partial charge in [0.1, 0.15) is 13.2 Å². The summed E-state index contributed by atoms with van der Waals surface area (Å²) >= 11 is 0. The zero-order chi connectivity index (χ0) is 18.0. The normalized spacial score (nSPS) is 13.0. The van der Waals surface area contributed by atoms with Crippen LogP contribution in [0, 0.1) is 13.8 Å². The molecule has 0 bridgehead atoms. The number of aryl methyl sites for hydroxylation is 2. The number of fused-ring (bicyclic) bond motifs is 1. The largest absolute Gasteiger partial charge is 0.486 e. The first-order valence-corrected chi connectivity index (χ1v) is 8.57. The number of hydrogen-bond acceptors (Lipinski definition) is 4. The molecule has 0 saturated carbocycles. The average Bonchev–Trinajstić information content (AvgIpc) is 2.84. The molecule has 1 aromatic heterocycles. The standard InChI is InChI=1S/C19H25N3O3/c1-13-16(14(2)22(4)20-13)6-8-19(23)21(3)12-15-5-7-17-18(11-15)25-10-9-24-17/h5,7,11H,6,8-10,12H2,1-4H3. The van der Waals surface area contributed by atoms with Crippen LogP contribution in [0.4, 0.5) is 0 Å². The lowest BCUT2D eigenvalue weighted by atomic mass is 10.1. The third-order valence-electron chi connectivity index (χ3n) is 4.70. The van der Waals surface area contributed by atoms with E-state index in [2.05, 4.69) is 5.10 Å². The SMILES string of the molecule is Cc1nn(C)c(C)c1CCC(=O)N(C)Cc1ccc2c(c1)OCCO2. The van der Waals surface area contributed by atoms with Crippen molar-refractivity contribution in [3.8, 4) is 11.5 Å². The van der Waals surface area contributed by atoms with Crippen molar-refractivity contribution < 1.29 is 14.3 Å². The fourth-order valence-electron chi connectivity index (χ4n) is 3.15. The quantitative estimate of drug-likeness (QED) is 0.836. The first-order valence-electron chi connectivity index (χ1n) is 8.57. The molecule has 0 spiro atoms. The van der Waals surface area contributed by atoms with E-state index in [0.717, 1.165) is 34.9 Å². The van der Waals surface area contributed by atoms with Crippen molar-refractivity contribution in [1.29, 1.82) is 0 Å². The molecule has 1 aliphatic rings. The van der Waals surface area contributed by atoms with E-state index < -0.39 is 0 Å². The third kappa shape index (κ3) is 3.78.